The molecule has 0 aliphatic rings. The van der Waals surface area contributed by atoms with Gasteiger partial charge in [-0.15, -0.1) is 0 Å². The molecule has 0 fully saturated rings. The van der Waals surface area contributed by atoms with Gasteiger partial charge in [-0.3, -0.25) is 4.79 Å². The molecule has 0 saturated heterocycles. The highest BCUT2D eigenvalue weighted by molar-refractivity contribution is 6.02. The summed E-state index contributed by atoms with van der Waals surface area (Å²) >= 11 is 0. The van der Waals surface area contributed by atoms with Gasteiger partial charge < -0.3 is 14.6 Å². The van der Waals surface area contributed by atoms with Gasteiger partial charge in [0, 0.05) is 37.5 Å². The van der Waals surface area contributed by atoms with E-state index in [0.29, 0.717) is 11.6 Å². The summed E-state index contributed by atoms with van der Waals surface area (Å²) in [6.07, 6.45) is 3.32. The van der Waals surface area contributed by atoms with Crippen molar-refractivity contribution in [3.63, 3.8) is 0 Å². The zero-order chi connectivity index (χ0) is 18.7. The summed E-state index contributed by atoms with van der Waals surface area (Å²) in [5, 5.41) is 2.86. The highest BCUT2D eigenvalue weighted by atomic mass is 16.3. The highest BCUT2D eigenvalue weighted by Crippen LogP contribution is 2.23. The third-order valence-electron chi connectivity index (χ3n) is 4.00. The zero-order valence-corrected chi connectivity index (χ0v) is 15.5. The molecule has 1 N–H and O–H groups in total. The monoisotopic (exact) mass is 349 g/mol. The number of hydrogen-bond acceptors (Lipinski definition) is 4. The molecule has 0 bridgehead atoms. The van der Waals surface area contributed by atoms with Crippen LogP contribution in [0.4, 0.5) is 11.4 Å². The first-order valence-corrected chi connectivity index (χ1v) is 8.59. The number of carbonyl (C=O) groups is 1. The fourth-order valence-electron chi connectivity index (χ4n) is 2.51. The van der Waals surface area contributed by atoms with Crippen LogP contribution in [0.25, 0.3) is 17.2 Å². The average Bonchev–Trinajstić information content (AvgIpc) is 3.04. The van der Waals surface area contributed by atoms with E-state index in [4.69, 9.17) is 4.42 Å². The molecule has 2 aromatic carbocycles. The highest BCUT2D eigenvalue weighted by Gasteiger charge is 2.10. The van der Waals surface area contributed by atoms with E-state index in [0.717, 1.165) is 22.4 Å². The Labute approximate surface area is 153 Å². The lowest BCUT2D eigenvalue weighted by molar-refractivity contribution is -0.111. The molecule has 0 radical (unpaired) electrons. The van der Waals surface area contributed by atoms with Crippen LogP contribution in [-0.4, -0.2) is 25.0 Å². The Hall–Kier alpha value is -3.08. The van der Waals surface area contributed by atoms with Gasteiger partial charge in [0.2, 0.25) is 5.91 Å². The van der Waals surface area contributed by atoms with E-state index in [9.17, 15) is 4.79 Å². The van der Waals surface area contributed by atoms with Crippen LogP contribution in [0.15, 0.2) is 53.0 Å². The first-order chi connectivity index (χ1) is 12.4. The van der Waals surface area contributed by atoms with E-state index in [1.54, 1.807) is 6.08 Å². The number of oxazole rings is 1. The summed E-state index contributed by atoms with van der Waals surface area (Å²) in [5.41, 5.74) is 4.25. The molecular formula is C21H23N3O2. The Kier molecular flexibility index (Phi) is 5.07. The molecule has 5 nitrogen and oxygen atoms in total. The molecule has 1 heterocycles. The molecule has 5 heteroatoms. The second-order valence-electron chi connectivity index (χ2n) is 6.70. The number of anilines is 2. The summed E-state index contributed by atoms with van der Waals surface area (Å²) < 4.78 is 5.68. The van der Waals surface area contributed by atoms with Gasteiger partial charge in [0.15, 0.2) is 11.5 Å². The topological polar surface area (TPSA) is 58.4 Å². The minimum absolute atomic E-state index is 0.186. The third-order valence-corrected chi connectivity index (χ3v) is 4.00. The van der Waals surface area contributed by atoms with Crippen LogP contribution in [0.1, 0.15) is 31.2 Å². The second-order valence-corrected chi connectivity index (χ2v) is 6.70. The summed E-state index contributed by atoms with van der Waals surface area (Å²) in [6.45, 7) is 4.06. The Morgan fingerprint density at radius 1 is 1.15 bits per heavy atom. The predicted octanol–water partition coefficient (Wildman–Crippen LogP) is 4.67. The van der Waals surface area contributed by atoms with Gasteiger partial charge >= 0.3 is 0 Å². The van der Waals surface area contributed by atoms with Crippen molar-refractivity contribution in [2.24, 2.45) is 0 Å². The molecule has 134 valence electrons. The Morgan fingerprint density at radius 2 is 1.88 bits per heavy atom. The third kappa shape index (κ3) is 4.11. The van der Waals surface area contributed by atoms with Gasteiger partial charge in [-0.25, -0.2) is 4.98 Å². The first kappa shape index (κ1) is 17.7. The van der Waals surface area contributed by atoms with Gasteiger partial charge in [-0.05, 0) is 42.0 Å². The van der Waals surface area contributed by atoms with Gasteiger partial charge in [-0.2, -0.15) is 0 Å². The van der Waals surface area contributed by atoms with Crippen LogP contribution >= 0.6 is 0 Å². The van der Waals surface area contributed by atoms with Crippen molar-refractivity contribution in [1.29, 1.82) is 0 Å². The normalized spacial score (nSPS) is 11.4. The van der Waals surface area contributed by atoms with Gasteiger partial charge in [0.1, 0.15) is 5.52 Å². The Morgan fingerprint density at radius 3 is 2.54 bits per heavy atom. The van der Waals surface area contributed by atoms with Gasteiger partial charge in [0.25, 0.3) is 0 Å². The quantitative estimate of drug-likeness (QED) is 0.680. The van der Waals surface area contributed by atoms with E-state index < -0.39 is 0 Å². The van der Waals surface area contributed by atoms with E-state index in [1.165, 1.54) is 6.08 Å². The lowest BCUT2D eigenvalue weighted by Crippen LogP contribution is -2.08. The Bertz CT molecular complexity index is 938. The largest absolute Gasteiger partial charge is 0.440 e. The van der Waals surface area contributed by atoms with Crippen LogP contribution in [0, 0.1) is 0 Å². The number of nitrogens with one attached hydrogen (secondary N) is 1. The zero-order valence-electron chi connectivity index (χ0n) is 15.5. The van der Waals surface area contributed by atoms with Crippen molar-refractivity contribution in [2.75, 3.05) is 24.3 Å². The molecule has 0 aliphatic heterocycles. The number of nitrogens with zero attached hydrogens (tertiary/aromatic N) is 2. The molecule has 3 aromatic rings. The first-order valence-electron chi connectivity index (χ1n) is 8.59. The van der Waals surface area contributed by atoms with E-state index >= 15 is 0 Å². The number of amides is 1. The summed E-state index contributed by atoms with van der Waals surface area (Å²) in [7, 11) is 3.99. The average molecular weight is 349 g/mol. The number of aromatic nitrogens is 1. The number of fused-ring (bicyclic) bond motifs is 1. The van der Waals surface area contributed by atoms with E-state index in [-0.39, 0.29) is 11.8 Å². The van der Waals surface area contributed by atoms with Crippen molar-refractivity contribution >= 4 is 34.5 Å². The van der Waals surface area contributed by atoms with Crippen molar-refractivity contribution in [2.45, 2.75) is 19.8 Å². The molecule has 0 aliphatic carbocycles. The molecule has 1 aromatic heterocycles. The number of rotatable bonds is 5. The molecule has 0 spiro atoms. The summed E-state index contributed by atoms with van der Waals surface area (Å²) in [5.74, 6) is 0.736. The molecular weight excluding hydrogens is 326 g/mol. The maximum Gasteiger partial charge on any atom is 0.248 e. The van der Waals surface area contributed by atoms with Crippen molar-refractivity contribution < 1.29 is 9.21 Å². The number of hydrogen-bond donors (Lipinski definition) is 1. The lowest BCUT2D eigenvalue weighted by Gasteiger charge is -2.11. The molecule has 1 amide bonds. The van der Waals surface area contributed by atoms with Gasteiger partial charge in [-0.1, -0.05) is 26.0 Å². The van der Waals surface area contributed by atoms with Gasteiger partial charge in [0.05, 0.1) is 0 Å². The van der Waals surface area contributed by atoms with E-state index in [1.807, 2.05) is 75.3 Å². The fraction of sp³-hybridized carbons (Fsp3) is 0.238. The smallest absolute Gasteiger partial charge is 0.248 e. The maximum atomic E-state index is 12.2. The van der Waals surface area contributed by atoms with Crippen LogP contribution in [0.2, 0.25) is 0 Å². The standard InChI is InChI=1S/C21H23N3O2/c1-14(2)21-23-18-13-16(8-11-19(18)26-21)22-20(25)12-7-15-5-9-17(10-6-15)24(3)4/h5-14H,1-4H3,(H,22,25)/b12-7+. The Balaban J connectivity index is 1.68. The van der Waals surface area contributed by atoms with E-state index in [2.05, 4.69) is 10.3 Å². The molecule has 26 heavy (non-hydrogen) atoms. The van der Waals surface area contributed by atoms with Crippen molar-refractivity contribution in [1.82, 2.24) is 4.98 Å². The minimum atomic E-state index is -0.186. The number of carbonyl (C=O) groups excluding carboxylic acids is 1. The summed E-state index contributed by atoms with van der Waals surface area (Å²) in [6, 6.07) is 13.5. The molecule has 3 rings (SSSR count). The molecule has 0 unspecified atom stereocenters. The van der Waals surface area contributed by atoms with Crippen molar-refractivity contribution in [3.05, 3.63) is 60.0 Å². The van der Waals surface area contributed by atoms with Crippen LogP contribution in [-0.2, 0) is 4.79 Å². The summed E-state index contributed by atoms with van der Waals surface area (Å²) in [4.78, 5) is 18.6. The SMILES string of the molecule is CC(C)c1nc2cc(NC(=O)/C=C/c3ccc(N(C)C)cc3)ccc2o1. The lowest BCUT2D eigenvalue weighted by atomic mass is 10.2. The van der Waals surface area contributed by atoms with Crippen LogP contribution < -0.4 is 10.2 Å². The second kappa shape index (κ2) is 7.44. The predicted molar refractivity (Wildman–Crippen MR) is 107 cm³/mol. The van der Waals surface area contributed by atoms with Crippen LogP contribution in [0.5, 0.6) is 0 Å². The maximum absolute atomic E-state index is 12.2. The van der Waals surface area contributed by atoms with Crippen molar-refractivity contribution in [3.8, 4) is 0 Å². The molecule has 0 atom stereocenters. The molecule has 0 saturated carbocycles. The fourth-order valence-corrected chi connectivity index (χ4v) is 2.51. The van der Waals surface area contributed by atoms with Crippen LogP contribution in [0.3, 0.4) is 0 Å². The number of benzene rings is 2. The minimum Gasteiger partial charge on any atom is -0.440 e.